The van der Waals surface area contributed by atoms with Gasteiger partial charge >= 0.3 is 0 Å². The summed E-state index contributed by atoms with van der Waals surface area (Å²) in [6, 6.07) is 15.0. The molecule has 2 unspecified atom stereocenters. The van der Waals surface area contributed by atoms with E-state index in [0.717, 1.165) is 0 Å². The molecule has 2 aromatic carbocycles. The maximum Gasteiger partial charge on any atom is 0.170 e. The summed E-state index contributed by atoms with van der Waals surface area (Å²) in [5.41, 5.74) is 6.68. The van der Waals surface area contributed by atoms with Crippen LogP contribution in [-0.2, 0) is 0 Å². The number of aliphatic hydroxyl groups is 2. The van der Waals surface area contributed by atoms with Gasteiger partial charge in [0.1, 0.15) is 17.6 Å². The summed E-state index contributed by atoms with van der Waals surface area (Å²) >= 11 is 0. The predicted molar refractivity (Wildman–Crippen MR) is 74.0 cm³/mol. The van der Waals surface area contributed by atoms with E-state index in [-0.39, 0.29) is 0 Å². The zero-order valence-corrected chi connectivity index (χ0v) is 10.6. The largest absolute Gasteiger partial charge is 0.457 e. The Hall–Kier alpha value is -2.55. The van der Waals surface area contributed by atoms with Crippen LogP contribution < -0.4 is 10.5 Å². The molecule has 2 rings (SSSR count). The lowest BCUT2D eigenvalue weighted by Gasteiger charge is -2.12. The first-order chi connectivity index (χ1) is 9.60. The number of nitriles is 1. The predicted octanol–water partition coefficient (Wildman–Crippen LogP) is 1.98. The minimum atomic E-state index is -1.45. The molecule has 2 atom stereocenters. The lowest BCUT2D eigenvalue weighted by Crippen LogP contribution is -2.15. The van der Waals surface area contributed by atoms with Crippen LogP contribution in [0, 0.1) is 11.3 Å². The van der Waals surface area contributed by atoms with E-state index < -0.39 is 12.2 Å². The molecule has 0 saturated carbocycles. The van der Waals surface area contributed by atoms with Gasteiger partial charge in [-0.15, -0.1) is 0 Å². The molecule has 0 bridgehead atoms. The fourth-order valence-electron chi connectivity index (χ4n) is 1.66. The number of hydrogen-bond donors (Lipinski definition) is 3. The Kier molecular flexibility index (Phi) is 4.20. The molecular weight excluding hydrogens is 256 g/mol. The van der Waals surface area contributed by atoms with Crippen molar-refractivity contribution in [3.63, 3.8) is 0 Å². The van der Waals surface area contributed by atoms with Crippen molar-refractivity contribution in [3.05, 3.63) is 54.1 Å². The molecule has 0 aliphatic rings. The van der Waals surface area contributed by atoms with E-state index in [4.69, 9.17) is 15.7 Å². The van der Waals surface area contributed by atoms with Crippen LogP contribution in [-0.4, -0.2) is 16.3 Å². The van der Waals surface area contributed by atoms with Gasteiger partial charge in [-0.25, -0.2) is 0 Å². The van der Waals surface area contributed by atoms with Gasteiger partial charge in [0.15, 0.2) is 6.10 Å². The van der Waals surface area contributed by atoms with E-state index in [1.807, 2.05) is 0 Å². The number of nitrogens with two attached hydrogens (primary N) is 1. The van der Waals surface area contributed by atoms with Crippen molar-refractivity contribution in [3.8, 4) is 17.6 Å². The van der Waals surface area contributed by atoms with E-state index in [1.54, 1.807) is 54.6 Å². The molecule has 5 nitrogen and oxygen atoms in total. The van der Waals surface area contributed by atoms with Crippen molar-refractivity contribution >= 4 is 5.69 Å². The molecule has 5 heteroatoms. The maximum atomic E-state index is 9.67. The van der Waals surface area contributed by atoms with Crippen LogP contribution in [0.25, 0.3) is 0 Å². The molecule has 0 fully saturated rings. The first kappa shape index (κ1) is 13.9. The molecular formula is C15H14N2O3. The van der Waals surface area contributed by atoms with Crippen molar-refractivity contribution < 1.29 is 14.9 Å². The molecule has 0 heterocycles. The third-order valence-corrected chi connectivity index (χ3v) is 2.77. The van der Waals surface area contributed by atoms with Crippen molar-refractivity contribution in [1.29, 1.82) is 5.26 Å². The van der Waals surface area contributed by atoms with E-state index in [0.29, 0.717) is 22.7 Å². The topological polar surface area (TPSA) is 99.5 Å². The van der Waals surface area contributed by atoms with E-state index >= 15 is 0 Å². The van der Waals surface area contributed by atoms with Crippen LogP contribution in [0.1, 0.15) is 11.7 Å². The number of ether oxygens (including phenoxy) is 1. The Morgan fingerprint density at radius 3 is 1.95 bits per heavy atom. The summed E-state index contributed by atoms with van der Waals surface area (Å²) in [7, 11) is 0. The molecule has 0 spiro atoms. The Morgan fingerprint density at radius 2 is 1.45 bits per heavy atom. The Labute approximate surface area is 116 Å². The van der Waals surface area contributed by atoms with E-state index in [1.165, 1.54) is 0 Å². The number of aliphatic hydroxyl groups excluding tert-OH is 2. The lowest BCUT2D eigenvalue weighted by molar-refractivity contribution is 0.0528. The number of anilines is 1. The summed E-state index contributed by atoms with van der Waals surface area (Å²) in [5.74, 6) is 1.22. The van der Waals surface area contributed by atoms with Crippen LogP contribution in [0.5, 0.6) is 11.5 Å². The second kappa shape index (κ2) is 6.06. The minimum absolute atomic E-state index is 0.448. The summed E-state index contributed by atoms with van der Waals surface area (Å²) in [6.45, 7) is 0. The normalized spacial score (nSPS) is 13.2. The quantitative estimate of drug-likeness (QED) is 0.582. The van der Waals surface area contributed by atoms with Gasteiger partial charge in [-0.2, -0.15) is 5.26 Å². The molecule has 20 heavy (non-hydrogen) atoms. The zero-order valence-electron chi connectivity index (χ0n) is 10.6. The van der Waals surface area contributed by atoms with Crippen LogP contribution >= 0.6 is 0 Å². The second-order valence-electron chi connectivity index (χ2n) is 4.26. The number of hydrogen-bond acceptors (Lipinski definition) is 5. The number of benzene rings is 2. The van der Waals surface area contributed by atoms with Gasteiger partial charge in [-0.1, -0.05) is 12.1 Å². The monoisotopic (exact) mass is 270 g/mol. The molecule has 0 aliphatic heterocycles. The fourth-order valence-corrected chi connectivity index (χ4v) is 1.66. The molecule has 0 amide bonds. The van der Waals surface area contributed by atoms with Crippen LogP contribution in [0.15, 0.2) is 48.5 Å². The SMILES string of the molecule is N#CC(O)C(O)c1ccc(Oc2ccc(N)cc2)cc1. The van der Waals surface area contributed by atoms with Crippen molar-refractivity contribution in [2.24, 2.45) is 0 Å². The average molecular weight is 270 g/mol. The zero-order chi connectivity index (χ0) is 14.5. The number of rotatable bonds is 4. The van der Waals surface area contributed by atoms with Gasteiger partial charge < -0.3 is 20.7 Å². The van der Waals surface area contributed by atoms with Gasteiger partial charge in [0.05, 0.1) is 6.07 Å². The van der Waals surface area contributed by atoms with E-state index in [9.17, 15) is 10.2 Å². The average Bonchev–Trinajstić information content (AvgIpc) is 2.49. The maximum absolute atomic E-state index is 9.67. The van der Waals surface area contributed by atoms with Gasteiger partial charge in [0, 0.05) is 5.69 Å². The highest BCUT2D eigenvalue weighted by molar-refractivity contribution is 5.43. The highest BCUT2D eigenvalue weighted by atomic mass is 16.5. The van der Waals surface area contributed by atoms with Crippen LogP contribution in [0.3, 0.4) is 0 Å². The Balaban J connectivity index is 2.09. The van der Waals surface area contributed by atoms with E-state index in [2.05, 4.69) is 0 Å². The fraction of sp³-hybridized carbons (Fsp3) is 0.133. The van der Waals surface area contributed by atoms with Crippen molar-refractivity contribution in [2.45, 2.75) is 12.2 Å². The molecule has 0 radical (unpaired) electrons. The second-order valence-corrected chi connectivity index (χ2v) is 4.26. The molecule has 2 aromatic rings. The summed E-state index contributed by atoms with van der Waals surface area (Å²) in [5, 5.41) is 27.5. The highest BCUT2D eigenvalue weighted by Gasteiger charge is 2.17. The minimum Gasteiger partial charge on any atom is -0.457 e. The smallest absolute Gasteiger partial charge is 0.170 e. The van der Waals surface area contributed by atoms with Crippen molar-refractivity contribution in [2.75, 3.05) is 5.73 Å². The van der Waals surface area contributed by atoms with Gasteiger partial charge in [-0.05, 0) is 42.0 Å². The number of nitrogens with zero attached hydrogens (tertiary/aromatic N) is 1. The first-order valence-corrected chi connectivity index (χ1v) is 5.99. The third kappa shape index (κ3) is 3.26. The summed E-state index contributed by atoms with van der Waals surface area (Å²) in [6.07, 6.45) is -2.68. The van der Waals surface area contributed by atoms with Gasteiger partial charge in [0.2, 0.25) is 0 Å². The lowest BCUT2D eigenvalue weighted by atomic mass is 10.1. The molecule has 0 saturated heterocycles. The van der Waals surface area contributed by atoms with Gasteiger partial charge in [-0.3, -0.25) is 0 Å². The molecule has 0 aromatic heterocycles. The molecule has 102 valence electrons. The van der Waals surface area contributed by atoms with Crippen LogP contribution in [0.2, 0.25) is 0 Å². The van der Waals surface area contributed by atoms with Gasteiger partial charge in [0.25, 0.3) is 0 Å². The Bertz CT molecular complexity index is 603. The Morgan fingerprint density at radius 1 is 0.950 bits per heavy atom. The molecule has 4 N–H and O–H groups in total. The standard InChI is InChI=1S/C15H14N2O3/c16-9-14(18)15(19)10-1-5-12(6-2-10)20-13-7-3-11(17)4-8-13/h1-8,14-15,18-19H,17H2. The highest BCUT2D eigenvalue weighted by Crippen LogP contribution is 2.25. The summed E-state index contributed by atoms with van der Waals surface area (Å²) in [4.78, 5) is 0. The van der Waals surface area contributed by atoms with Crippen molar-refractivity contribution in [1.82, 2.24) is 0 Å². The third-order valence-electron chi connectivity index (χ3n) is 2.77. The van der Waals surface area contributed by atoms with Crippen LogP contribution in [0.4, 0.5) is 5.69 Å². The molecule has 0 aliphatic carbocycles. The summed E-state index contributed by atoms with van der Waals surface area (Å²) < 4.78 is 5.59. The number of nitrogen functional groups attached to an aromatic ring is 1. The first-order valence-electron chi connectivity index (χ1n) is 5.99.